The number of carbonyl (C=O) groups excluding carboxylic acids is 1. The summed E-state index contributed by atoms with van der Waals surface area (Å²) in [6.45, 7) is 4.15. The molecule has 0 aromatic carbocycles. The number of rotatable bonds is 6. The van der Waals surface area contributed by atoms with Crippen LogP contribution in [0.15, 0.2) is 0 Å². The number of carboxylic acids is 1. The number of aliphatic carboxylic acids is 1. The van der Waals surface area contributed by atoms with Gasteiger partial charge in [0.15, 0.2) is 0 Å². The highest BCUT2D eigenvalue weighted by Crippen LogP contribution is 2.08. The van der Waals surface area contributed by atoms with Crippen molar-refractivity contribution in [3.8, 4) is 0 Å². The predicted molar refractivity (Wildman–Crippen MR) is 68.1 cm³/mol. The Labute approximate surface area is 112 Å². The smallest absolute Gasteiger partial charge is 0.329 e. The molecule has 0 saturated carbocycles. The van der Waals surface area contributed by atoms with Crippen LogP contribution >= 0.6 is 0 Å². The standard InChI is InChI=1S/C12H22N2O5/c1-2-10-8-14(5-3-6-19-10)12(17)13-4-7-18-9-11(15)16/h10H,2-9H2,1H3,(H,13,17)(H,15,16). The number of carbonyl (C=O) groups is 2. The van der Waals surface area contributed by atoms with Crippen molar-refractivity contribution in [1.82, 2.24) is 10.2 Å². The zero-order valence-electron chi connectivity index (χ0n) is 11.3. The lowest BCUT2D eigenvalue weighted by atomic mass is 10.2. The maximum absolute atomic E-state index is 11.9. The first-order chi connectivity index (χ1) is 9.13. The van der Waals surface area contributed by atoms with E-state index in [9.17, 15) is 9.59 Å². The lowest BCUT2D eigenvalue weighted by Gasteiger charge is -2.23. The van der Waals surface area contributed by atoms with Crippen LogP contribution in [0, 0.1) is 0 Å². The van der Waals surface area contributed by atoms with E-state index in [0.29, 0.717) is 26.2 Å². The molecule has 7 nitrogen and oxygen atoms in total. The maximum Gasteiger partial charge on any atom is 0.329 e. The number of carboxylic acid groups (broad SMARTS) is 1. The SMILES string of the molecule is CCC1CN(C(=O)NCCOCC(=O)O)CCCO1. The molecule has 0 radical (unpaired) electrons. The fourth-order valence-electron chi connectivity index (χ4n) is 1.83. The van der Waals surface area contributed by atoms with E-state index in [1.54, 1.807) is 4.90 Å². The molecule has 7 heteroatoms. The molecule has 1 aliphatic heterocycles. The van der Waals surface area contributed by atoms with Crippen LogP contribution in [-0.4, -0.2) is 67.6 Å². The van der Waals surface area contributed by atoms with E-state index in [-0.39, 0.29) is 25.3 Å². The van der Waals surface area contributed by atoms with Crippen LogP contribution < -0.4 is 5.32 Å². The maximum atomic E-state index is 11.9. The quantitative estimate of drug-likeness (QED) is 0.680. The van der Waals surface area contributed by atoms with Gasteiger partial charge in [0.2, 0.25) is 0 Å². The second-order valence-corrected chi connectivity index (χ2v) is 4.38. The lowest BCUT2D eigenvalue weighted by Crippen LogP contribution is -2.44. The number of amides is 2. The second-order valence-electron chi connectivity index (χ2n) is 4.38. The predicted octanol–water partition coefficient (Wildman–Crippen LogP) is 0.298. The fraction of sp³-hybridized carbons (Fsp3) is 0.833. The molecule has 1 fully saturated rings. The summed E-state index contributed by atoms with van der Waals surface area (Å²) in [5, 5.41) is 11.1. The van der Waals surface area contributed by atoms with Gasteiger partial charge in [0.25, 0.3) is 0 Å². The molecule has 2 amide bonds. The molecular formula is C12H22N2O5. The van der Waals surface area contributed by atoms with Crippen molar-refractivity contribution in [2.24, 2.45) is 0 Å². The average molecular weight is 274 g/mol. The highest BCUT2D eigenvalue weighted by Gasteiger charge is 2.20. The van der Waals surface area contributed by atoms with Crippen molar-refractivity contribution >= 4 is 12.0 Å². The molecule has 1 aliphatic rings. The summed E-state index contributed by atoms with van der Waals surface area (Å²) in [6.07, 6.45) is 1.81. The molecule has 1 unspecified atom stereocenters. The van der Waals surface area contributed by atoms with Crippen molar-refractivity contribution in [1.29, 1.82) is 0 Å². The molecule has 0 spiro atoms. The molecule has 1 heterocycles. The van der Waals surface area contributed by atoms with E-state index < -0.39 is 5.97 Å². The van der Waals surface area contributed by atoms with Crippen LogP contribution in [-0.2, 0) is 14.3 Å². The van der Waals surface area contributed by atoms with E-state index in [2.05, 4.69) is 5.32 Å². The first-order valence-electron chi connectivity index (χ1n) is 6.57. The van der Waals surface area contributed by atoms with Gasteiger partial charge in [0, 0.05) is 26.2 Å². The third kappa shape index (κ3) is 6.40. The van der Waals surface area contributed by atoms with Crippen molar-refractivity contribution in [3.05, 3.63) is 0 Å². The largest absolute Gasteiger partial charge is 0.480 e. The highest BCUT2D eigenvalue weighted by molar-refractivity contribution is 5.74. The van der Waals surface area contributed by atoms with Gasteiger partial charge in [-0.25, -0.2) is 9.59 Å². The molecule has 0 aromatic rings. The van der Waals surface area contributed by atoms with Gasteiger partial charge in [-0.3, -0.25) is 0 Å². The molecular weight excluding hydrogens is 252 g/mol. The first-order valence-corrected chi connectivity index (χ1v) is 6.57. The molecule has 1 saturated heterocycles. The molecule has 0 aliphatic carbocycles. The molecule has 19 heavy (non-hydrogen) atoms. The Kier molecular flexibility index (Phi) is 7.20. The van der Waals surface area contributed by atoms with Crippen LogP contribution in [0.3, 0.4) is 0 Å². The number of nitrogens with one attached hydrogen (secondary N) is 1. The zero-order chi connectivity index (χ0) is 14.1. The number of ether oxygens (including phenoxy) is 2. The minimum atomic E-state index is -1.01. The summed E-state index contributed by atoms with van der Waals surface area (Å²) in [5.74, 6) is -1.01. The van der Waals surface area contributed by atoms with E-state index in [4.69, 9.17) is 14.6 Å². The topological polar surface area (TPSA) is 88.1 Å². The van der Waals surface area contributed by atoms with Crippen LogP contribution in [0.5, 0.6) is 0 Å². The summed E-state index contributed by atoms with van der Waals surface area (Å²) >= 11 is 0. The lowest BCUT2D eigenvalue weighted by molar-refractivity contribution is -0.142. The monoisotopic (exact) mass is 274 g/mol. The number of nitrogens with zero attached hydrogens (tertiary/aromatic N) is 1. The fourth-order valence-corrected chi connectivity index (χ4v) is 1.83. The number of hydrogen-bond donors (Lipinski definition) is 2. The Balaban J connectivity index is 2.21. The third-order valence-corrected chi connectivity index (χ3v) is 2.84. The molecule has 0 aromatic heterocycles. The molecule has 0 bridgehead atoms. The summed E-state index contributed by atoms with van der Waals surface area (Å²) in [5.41, 5.74) is 0. The second kappa shape index (κ2) is 8.71. The minimum Gasteiger partial charge on any atom is -0.480 e. The Morgan fingerprint density at radius 2 is 2.32 bits per heavy atom. The summed E-state index contributed by atoms with van der Waals surface area (Å²) in [4.78, 5) is 23.8. The van der Waals surface area contributed by atoms with Gasteiger partial charge in [0.1, 0.15) is 6.61 Å². The average Bonchev–Trinajstić information content (AvgIpc) is 2.63. The van der Waals surface area contributed by atoms with Gasteiger partial charge >= 0.3 is 12.0 Å². The zero-order valence-corrected chi connectivity index (χ0v) is 11.3. The normalized spacial score (nSPS) is 19.8. The number of hydrogen-bond acceptors (Lipinski definition) is 4. The third-order valence-electron chi connectivity index (χ3n) is 2.84. The van der Waals surface area contributed by atoms with Crippen LogP contribution in [0.2, 0.25) is 0 Å². The Morgan fingerprint density at radius 3 is 3.00 bits per heavy atom. The Morgan fingerprint density at radius 1 is 1.53 bits per heavy atom. The molecule has 1 rings (SSSR count). The number of urea groups is 1. The van der Waals surface area contributed by atoms with Crippen molar-refractivity contribution in [3.63, 3.8) is 0 Å². The van der Waals surface area contributed by atoms with Crippen molar-refractivity contribution in [2.45, 2.75) is 25.9 Å². The van der Waals surface area contributed by atoms with E-state index in [0.717, 1.165) is 12.8 Å². The van der Waals surface area contributed by atoms with Gasteiger partial charge in [-0.05, 0) is 12.8 Å². The highest BCUT2D eigenvalue weighted by atomic mass is 16.5. The first kappa shape index (κ1) is 15.7. The van der Waals surface area contributed by atoms with E-state index in [1.807, 2.05) is 6.92 Å². The Bertz CT molecular complexity index is 298. The van der Waals surface area contributed by atoms with Crippen LogP contribution in [0.1, 0.15) is 19.8 Å². The van der Waals surface area contributed by atoms with Crippen molar-refractivity contribution in [2.75, 3.05) is 39.5 Å². The van der Waals surface area contributed by atoms with Crippen molar-refractivity contribution < 1.29 is 24.2 Å². The van der Waals surface area contributed by atoms with Gasteiger partial charge < -0.3 is 24.8 Å². The summed E-state index contributed by atoms with van der Waals surface area (Å²) in [7, 11) is 0. The van der Waals surface area contributed by atoms with Gasteiger partial charge in [-0.2, -0.15) is 0 Å². The molecule has 110 valence electrons. The summed E-state index contributed by atoms with van der Waals surface area (Å²) < 4.78 is 10.4. The molecule has 1 atom stereocenters. The van der Waals surface area contributed by atoms with Gasteiger partial charge in [-0.1, -0.05) is 6.92 Å². The van der Waals surface area contributed by atoms with Gasteiger partial charge in [0.05, 0.1) is 12.7 Å². The van der Waals surface area contributed by atoms with Gasteiger partial charge in [-0.15, -0.1) is 0 Å². The van der Waals surface area contributed by atoms with E-state index >= 15 is 0 Å². The van der Waals surface area contributed by atoms with E-state index in [1.165, 1.54) is 0 Å². The van der Waals surface area contributed by atoms with Crippen LogP contribution in [0.4, 0.5) is 4.79 Å². The Hall–Kier alpha value is -1.34. The summed E-state index contributed by atoms with van der Waals surface area (Å²) in [6, 6.07) is -0.150. The van der Waals surface area contributed by atoms with Crippen LogP contribution in [0.25, 0.3) is 0 Å². The minimum absolute atomic E-state index is 0.0940. The molecule has 2 N–H and O–H groups in total.